The van der Waals surface area contributed by atoms with Gasteiger partial charge in [0, 0.05) is 0 Å². The fourth-order valence-corrected chi connectivity index (χ4v) is 1.07. The van der Waals surface area contributed by atoms with E-state index in [1.807, 2.05) is 0 Å². The van der Waals surface area contributed by atoms with Crippen molar-refractivity contribution in [2.75, 3.05) is 6.61 Å². The van der Waals surface area contributed by atoms with E-state index in [9.17, 15) is 9.59 Å². The molecule has 1 heterocycles. The Labute approximate surface area is 87.0 Å². The maximum atomic E-state index is 11.1. The molecule has 0 saturated heterocycles. The van der Waals surface area contributed by atoms with E-state index in [-0.39, 0.29) is 17.8 Å². The molecule has 1 rings (SSSR count). The Morgan fingerprint density at radius 2 is 2.21 bits per heavy atom. The highest BCUT2D eigenvalue weighted by molar-refractivity contribution is 9.10. The molecule has 76 valence electrons. The van der Waals surface area contributed by atoms with Crippen molar-refractivity contribution in [2.24, 2.45) is 0 Å². The number of nitrogens with one attached hydrogen (secondary N) is 1. The fourth-order valence-electron chi connectivity index (χ4n) is 0.783. The van der Waals surface area contributed by atoms with Gasteiger partial charge in [0.2, 0.25) is 0 Å². The molecule has 0 fully saturated rings. The van der Waals surface area contributed by atoms with Crippen molar-refractivity contribution in [3.8, 4) is 0 Å². The summed E-state index contributed by atoms with van der Waals surface area (Å²) < 4.78 is 1.12. The highest BCUT2D eigenvalue weighted by atomic mass is 79.9. The Balaban J connectivity index is 2.99. The third-order valence-corrected chi connectivity index (χ3v) is 1.92. The maximum Gasteiger partial charge on any atom is 0.345 e. The number of hydrogen-bond donors (Lipinski definition) is 2. The second-order valence-corrected chi connectivity index (χ2v) is 3.14. The van der Waals surface area contributed by atoms with Gasteiger partial charge in [-0.25, -0.2) is 9.48 Å². The van der Waals surface area contributed by atoms with Gasteiger partial charge in [-0.1, -0.05) is 12.2 Å². The smallest absolute Gasteiger partial charge is 0.345 e. The average molecular weight is 262 g/mol. The Hall–Kier alpha value is -1.21. The molecule has 2 N–H and O–H groups in total. The van der Waals surface area contributed by atoms with Crippen LogP contribution in [0.2, 0.25) is 0 Å². The number of aromatic nitrogens is 3. The number of hydrogen-bond acceptors (Lipinski definition) is 4. The van der Waals surface area contributed by atoms with Crippen LogP contribution in [0.15, 0.2) is 26.3 Å². The molecule has 0 radical (unpaired) electrons. The largest absolute Gasteiger partial charge is 0.392 e. The number of H-pyrrole nitrogens is 1. The van der Waals surface area contributed by atoms with Crippen LogP contribution in [0.1, 0.15) is 0 Å². The van der Waals surface area contributed by atoms with Crippen LogP contribution in [0.3, 0.4) is 0 Å². The summed E-state index contributed by atoms with van der Waals surface area (Å²) in [7, 11) is 0. The molecular weight excluding hydrogens is 254 g/mol. The lowest BCUT2D eigenvalue weighted by Gasteiger charge is -1.98. The molecule has 0 aromatic carbocycles. The number of allylic oxidation sites excluding steroid dienone is 1. The van der Waals surface area contributed by atoms with Crippen molar-refractivity contribution >= 4 is 15.9 Å². The van der Waals surface area contributed by atoms with Crippen molar-refractivity contribution in [1.29, 1.82) is 0 Å². The molecule has 0 aliphatic carbocycles. The van der Waals surface area contributed by atoms with E-state index in [2.05, 4.69) is 26.0 Å². The topological polar surface area (TPSA) is 88.0 Å². The third kappa shape index (κ3) is 2.64. The predicted octanol–water partition coefficient (Wildman–Crippen LogP) is -0.757. The van der Waals surface area contributed by atoms with E-state index < -0.39 is 11.2 Å². The minimum absolute atomic E-state index is 0.0505. The second kappa shape index (κ2) is 4.87. The van der Waals surface area contributed by atoms with E-state index in [0.29, 0.717) is 0 Å². The van der Waals surface area contributed by atoms with Crippen molar-refractivity contribution in [3.63, 3.8) is 0 Å². The monoisotopic (exact) mass is 261 g/mol. The summed E-state index contributed by atoms with van der Waals surface area (Å²) in [4.78, 5) is 24.1. The molecule has 0 aliphatic heterocycles. The molecule has 0 aliphatic rings. The van der Waals surface area contributed by atoms with Gasteiger partial charge in [-0.05, 0) is 15.9 Å². The van der Waals surface area contributed by atoms with E-state index in [0.717, 1.165) is 4.68 Å². The first-order valence-electron chi connectivity index (χ1n) is 3.78. The molecule has 1 aromatic heterocycles. The molecule has 0 atom stereocenters. The van der Waals surface area contributed by atoms with Crippen LogP contribution >= 0.6 is 15.9 Å². The van der Waals surface area contributed by atoms with E-state index in [1.165, 1.54) is 6.08 Å². The third-order valence-electron chi connectivity index (χ3n) is 1.40. The average Bonchev–Trinajstić information content (AvgIpc) is 2.14. The molecule has 14 heavy (non-hydrogen) atoms. The molecule has 0 spiro atoms. The highest BCUT2D eigenvalue weighted by Gasteiger charge is 2.01. The number of halogens is 1. The van der Waals surface area contributed by atoms with Gasteiger partial charge < -0.3 is 5.11 Å². The van der Waals surface area contributed by atoms with Gasteiger partial charge in [0.05, 0.1) is 13.2 Å². The lowest BCUT2D eigenvalue weighted by Crippen LogP contribution is -2.32. The van der Waals surface area contributed by atoms with Crippen LogP contribution in [0.25, 0.3) is 0 Å². The summed E-state index contributed by atoms with van der Waals surface area (Å²) in [5.74, 6) is 0. The Morgan fingerprint density at radius 3 is 2.86 bits per heavy atom. The van der Waals surface area contributed by atoms with Crippen molar-refractivity contribution in [2.45, 2.75) is 6.54 Å². The number of nitrogens with zero attached hydrogens (tertiary/aromatic N) is 2. The van der Waals surface area contributed by atoms with Gasteiger partial charge in [-0.2, -0.15) is 5.10 Å². The van der Waals surface area contributed by atoms with E-state index in [1.54, 1.807) is 6.08 Å². The molecule has 0 amide bonds. The molecular formula is C7H8BrN3O3. The number of aliphatic hydroxyl groups excluding tert-OH is 1. The van der Waals surface area contributed by atoms with Gasteiger partial charge in [0.15, 0.2) is 4.60 Å². The minimum atomic E-state index is -0.583. The summed E-state index contributed by atoms with van der Waals surface area (Å²) in [6.07, 6.45) is 3.05. The molecule has 7 heteroatoms. The second-order valence-electron chi connectivity index (χ2n) is 2.39. The van der Waals surface area contributed by atoms with Crippen LogP contribution in [0.5, 0.6) is 0 Å². The summed E-state index contributed by atoms with van der Waals surface area (Å²) in [6.45, 7) is 0.105. The molecule has 0 saturated carbocycles. The Morgan fingerprint density at radius 1 is 1.50 bits per heavy atom. The van der Waals surface area contributed by atoms with Crippen molar-refractivity contribution in [1.82, 2.24) is 14.8 Å². The number of rotatable bonds is 3. The standard InChI is InChI=1S/C7H8BrN3O3/c8-5-6(13)9-7(14)11(10-5)3-1-2-4-12/h1-2,12H,3-4H2,(H,9,13,14)/b2-1+. The van der Waals surface area contributed by atoms with Crippen LogP contribution in [0.4, 0.5) is 0 Å². The SMILES string of the molecule is O=c1[nH]c(=O)n(C/C=C/CO)nc1Br. The zero-order chi connectivity index (χ0) is 10.6. The van der Waals surface area contributed by atoms with E-state index >= 15 is 0 Å². The van der Waals surface area contributed by atoms with Gasteiger partial charge in [0.1, 0.15) is 0 Å². The lowest BCUT2D eigenvalue weighted by atomic mass is 10.5. The highest BCUT2D eigenvalue weighted by Crippen LogP contribution is 1.91. The van der Waals surface area contributed by atoms with Crippen LogP contribution in [0, 0.1) is 0 Å². The van der Waals surface area contributed by atoms with Crippen LogP contribution in [-0.2, 0) is 6.54 Å². The summed E-state index contributed by atoms with van der Waals surface area (Å²) in [5, 5.41) is 12.1. The van der Waals surface area contributed by atoms with Gasteiger partial charge in [-0.15, -0.1) is 0 Å². The van der Waals surface area contributed by atoms with Gasteiger partial charge >= 0.3 is 5.69 Å². The van der Waals surface area contributed by atoms with Crippen LogP contribution in [-0.4, -0.2) is 26.5 Å². The Bertz CT molecular complexity index is 448. The molecule has 1 aromatic rings. The predicted molar refractivity (Wildman–Crippen MR) is 53.0 cm³/mol. The number of aliphatic hydroxyl groups is 1. The van der Waals surface area contributed by atoms with Crippen molar-refractivity contribution < 1.29 is 5.11 Å². The lowest BCUT2D eigenvalue weighted by molar-refractivity contribution is 0.342. The minimum Gasteiger partial charge on any atom is -0.392 e. The zero-order valence-corrected chi connectivity index (χ0v) is 8.69. The molecule has 6 nitrogen and oxygen atoms in total. The summed E-state index contributed by atoms with van der Waals surface area (Å²) in [5.41, 5.74) is -1.14. The fraction of sp³-hybridized carbons (Fsp3) is 0.286. The number of aromatic amines is 1. The summed E-state index contributed by atoms with van der Waals surface area (Å²) >= 11 is 2.90. The van der Waals surface area contributed by atoms with Crippen LogP contribution < -0.4 is 11.2 Å². The zero-order valence-electron chi connectivity index (χ0n) is 7.11. The van der Waals surface area contributed by atoms with Crippen molar-refractivity contribution in [3.05, 3.63) is 37.6 Å². The first kappa shape index (κ1) is 10.9. The normalized spacial score (nSPS) is 11.0. The maximum absolute atomic E-state index is 11.1. The first-order chi connectivity index (χ1) is 6.65. The Kier molecular flexibility index (Phi) is 3.78. The van der Waals surface area contributed by atoms with E-state index in [4.69, 9.17) is 5.11 Å². The molecule has 0 unspecified atom stereocenters. The molecule has 0 bridgehead atoms. The summed E-state index contributed by atoms with van der Waals surface area (Å²) in [6, 6.07) is 0. The first-order valence-corrected chi connectivity index (χ1v) is 4.57. The quantitative estimate of drug-likeness (QED) is 0.701. The van der Waals surface area contributed by atoms with Gasteiger partial charge in [0.25, 0.3) is 5.56 Å². The van der Waals surface area contributed by atoms with Gasteiger partial charge in [-0.3, -0.25) is 9.78 Å².